The summed E-state index contributed by atoms with van der Waals surface area (Å²) in [7, 11) is 0. The smallest absolute Gasteiger partial charge is 0.125 e. The van der Waals surface area contributed by atoms with Gasteiger partial charge in [-0.15, -0.1) is 0 Å². The Morgan fingerprint density at radius 2 is 2.15 bits per heavy atom. The van der Waals surface area contributed by atoms with E-state index in [2.05, 4.69) is 13.5 Å². The Bertz CT molecular complexity index is 212. The van der Waals surface area contributed by atoms with E-state index in [1.54, 1.807) is 0 Å². The molecule has 4 atom stereocenters. The second kappa shape index (κ2) is 4.05. The molecule has 0 aromatic rings. The minimum absolute atomic E-state index is 0.0127. The topological polar surface area (TPSA) is 43.1 Å². The molecule has 0 bridgehead atoms. The highest BCUT2D eigenvalue weighted by Crippen LogP contribution is 2.35. The lowest BCUT2D eigenvalue weighted by Gasteiger charge is -2.37. The van der Waals surface area contributed by atoms with Crippen molar-refractivity contribution < 1.29 is 4.79 Å². The molecule has 0 heterocycles. The van der Waals surface area contributed by atoms with E-state index in [9.17, 15) is 4.79 Å². The molecular formula is C11H19NO. The average molecular weight is 181 g/mol. The van der Waals surface area contributed by atoms with Crippen LogP contribution in [0.1, 0.15) is 26.7 Å². The first-order valence-corrected chi connectivity index (χ1v) is 4.94. The molecule has 13 heavy (non-hydrogen) atoms. The third-order valence-corrected chi connectivity index (χ3v) is 3.29. The van der Waals surface area contributed by atoms with Crippen molar-refractivity contribution in [2.45, 2.75) is 32.7 Å². The number of aldehydes is 1. The Labute approximate surface area is 80.2 Å². The molecule has 0 radical (unpaired) electrons. The van der Waals surface area contributed by atoms with Gasteiger partial charge in [-0.25, -0.2) is 0 Å². The SMILES string of the molecule is C=C(C)[C@@H]1CCC(C)C(N)C1C=O. The van der Waals surface area contributed by atoms with Crippen molar-refractivity contribution in [3.63, 3.8) is 0 Å². The Balaban J connectivity index is 2.77. The third kappa shape index (κ3) is 1.99. The van der Waals surface area contributed by atoms with Crippen LogP contribution >= 0.6 is 0 Å². The van der Waals surface area contributed by atoms with Gasteiger partial charge in [0.05, 0.1) is 0 Å². The number of carbonyl (C=O) groups is 1. The molecular weight excluding hydrogens is 162 g/mol. The standard InChI is InChI=1S/C11H19NO/c1-7(2)9-5-4-8(3)11(12)10(9)6-13/h6,8-11H,1,4-5,12H2,2-3H3/t8?,9-,10?,11?/m0/s1. The Morgan fingerprint density at radius 1 is 1.54 bits per heavy atom. The molecule has 1 saturated carbocycles. The highest BCUT2D eigenvalue weighted by molar-refractivity contribution is 5.56. The van der Waals surface area contributed by atoms with Crippen molar-refractivity contribution in [1.29, 1.82) is 0 Å². The zero-order chi connectivity index (χ0) is 10.0. The predicted octanol–water partition coefficient (Wildman–Crippen LogP) is 1.75. The van der Waals surface area contributed by atoms with E-state index in [-0.39, 0.29) is 12.0 Å². The maximum absolute atomic E-state index is 10.9. The maximum atomic E-state index is 10.9. The van der Waals surface area contributed by atoms with Gasteiger partial charge in [0.2, 0.25) is 0 Å². The van der Waals surface area contributed by atoms with Gasteiger partial charge in [0, 0.05) is 12.0 Å². The number of rotatable bonds is 2. The van der Waals surface area contributed by atoms with Crippen molar-refractivity contribution in [2.75, 3.05) is 0 Å². The lowest BCUT2D eigenvalue weighted by molar-refractivity contribution is -0.114. The molecule has 0 saturated heterocycles. The van der Waals surface area contributed by atoms with E-state index in [0.29, 0.717) is 11.8 Å². The number of nitrogens with two attached hydrogens (primary N) is 1. The van der Waals surface area contributed by atoms with E-state index in [0.717, 1.165) is 24.7 Å². The lowest BCUT2D eigenvalue weighted by Crippen LogP contribution is -2.45. The van der Waals surface area contributed by atoms with E-state index >= 15 is 0 Å². The van der Waals surface area contributed by atoms with Crippen LogP contribution in [0.2, 0.25) is 0 Å². The van der Waals surface area contributed by atoms with E-state index in [4.69, 9.17) is 5.73 Å². The van der Waals surface area contributed by atoms with Gasteiger partial charge in [0.25, 0.3) is 0 Å². The average Bonchev–Trinajstić information content (AvgIpc) is 2.09. The third-order valence-electron chi connectivity index (χ3n) is 3.29. The highest BCUT2D eigenvalue weighted by atomic mass is 16.1. The molecule has 0 aliphatic heterocycles. The summed E-state index contributed by atoms with van der Waals surface area (Å²) >= 11 is 0. The van der Waals surface area contributed by atoms with Crippen LogP contribution in [0.15, 0.2) is 12.2 Å². The quantitative estimate of drug-likeness (QED) is 0.521. The Kier molecular flexibility index (Phi) is 3.26. The first-order chi connectivity index (χ1) is 6.07. The Morgan fingerprint density at radius 3 is 2.62 bits per heavy atom. The second-order valence-electron chi connectivity index (χ2n) is 4.30. The van der Waals surface area contributed by atoms with E-state index in [1.807, 2.05) is 6.92 Å². The van der Waals surface area contributed by atoms with Crippen molar-refractivity contribution >= 4 is 6.29 Å². The summed E-state index contributed by atoms with van der Waals surface area (Å²) in [6.07, 6.45) is 3.19. The van der Waals surface area contributed by atoms with Crippen LogP contribution in [0, 0.1) is 17.8 Å². The molecule has 1 aliphatic rings. The van der Waals surface area contributed by atoms with Gasteiger partial charge in [-0.1, -0.05) is 19.1 Å². The monoisotopic (exact) mass is 181 g/mol. The van der Waals surface area contributed by atoms with Crippen LogP contribution in [0.5, 0.6) is 0 Å². The molecule has 2 nitrogen and oxygen atoms in total. The largest absolute Gasteiger partial charge is 0.327 e. The molecule has 0 amide bonds. The fourth-order valence-electron chi connectivity index (χ4n) is 2.24. The van der Waals surface area contributed by atoms with E-state index in [1.165, 1.54) is 0 Å². The minimum Gasteiger partial charge on any atom is -0.327 e. The summed E-state index contributed by atoms with van der Waals surface area (Å²) in [5, 5.41) is 0. The zero-order valence-electron chi connectivity index (χ0n) is 8.49. The van der Waals surface area contributed by atoms with Crippen LogP contribution in [-0.2, 0) is 4.79 Å². The van der Waals surface area contributed by atoms with Crippen molar-refractivity contribution in [3.8, 4) is 0 Å². The van der Waals surface area contributed by atoms with Gasteiger partial charge in [0.1, 0.15) is 6.29 Å². The molecule has 3 unspecified atom stereocenters. The maximum Gasteiger partial charge on any atom is 0.125 e. The van der Waals surface area contributed by atoms with Gasteiger partial charge >= 0.3 is 0 Å². The van der Waals surface area contributed by atoms with Crippen LogP contribution < -0.4 is 5.73 Å². The fraction of sp³-hybridized carbons (Fsp3) is 0.727. The number of hydrogen-bond donors (Lipinski definition) is 1. The first-order valence-electron chi connectivity index (χ1n) is 4.94. The van der Waals surface area contributed by atoms with Gasteiger partial charge in [-0.05, 0) is 31.6 Å². The molecule has 1 fully saturated rings. The molecule has 0 aromatic carbocycles. The zero-order valence-corrected chi connectivity index (χ0v) is 8.49. The summed E-state index contributed by atoms with van der Waals surface area (Å²) in [4.78, 5) is 10.9. The Hall–Kier alpha value is -0.630. The number of carbonyl (C=O) groups excluding carboxylic acids is 1. The predicted molar refractivity (Wildman–Crippen MR) is 54.2 cm³/mol. The highest BCUT2D eigenvalue weighted by Gasteiger charge is 2.35. The molecule has 1 aliphatic carbocycles. The number of allylic oxidation sites excluding steroid dienone is 1. The summed E-state index contributed by atoms with van der Waals surface area (Å²) in [5.41, 5.74) is 7.09. The molecule has 2 heteroatoms. The van der Waals surface area contributed by atoms with E-state index < -0.39 is 0 Å². The van der Waals surface area contributed by atoms with Crippen LogP contribution in [0.4, 0.5) is 0 Å². The fourth-order valence-corrected chi connectivity index (χ4v) is 2.24. The van der Waals surface area contributed by atoms with Gasteiger partial charge < -0.3 is 10.5 Å². The molecule has 2 N–H and O–H groups in total. The van der Waals surface area contributed by atoms with Crippen molar-refractivity contribution in [1.82, 2.24) is 0 Å². The van der Waals surface area contributed by atoms with Crippen molar-refractivity contribution in [3.05, 3.63) is 12.2 Å². The van der Waals surface area contributed by atoms with Crippen LogP contribution in [0.3, 0.4) is 0 Å². The minimum atomic E-state index is -0.0127. The van der Waals surface area contributed by atoms with Crippen molar-refractivity contribution in [2.24, 2.45) is 23.5 Å². The first kappa shape index (κ1) is 10.5. The van der Waals surface area contributed by atoms with Gasteiger partial charge in [-0.2, -0.15) is 0 Å². The molecule has 0 spiro atoms. The van der Waals surface area contributed by atoms with Gasteiger partial charge in [-0.3, -0.25) is 0 Å². The molecule has 74 valence electrons. The summed E-state index contributed by atoms with van der Waals surface area (Å²) in [6.45, 7) is 8.03. The summed E-state index contributed by atoms with van der Waals surface area (Å²) < 4.78 is 0. The lowest BCUT2D eigenvalue weighted by atomic mass is 9.70. The number of hydrogen-bond acceptors (Lipinski definition) is 2. The second-order valence-corrected chi connectivity index (χ2v) is 4.30. The van der Waals surface area contributed by atoms with Gasteiger partial charge in [0.15, 0.2) is 0 Å². The van der Waals surface area contributed by atoms with Crippen LogP contribution in [-0.4, -0.2) is 12.3 Å². The summed E-state index contributed by atoms with van der Waals surface area (Å²) in [6, 6.07) is 0.0212. The molecule has 0 aromatic heterocycles. The van der Waals surface area contributed by atoms with Crippen LogP contribution in [0.25, 0.3) is 0 Å². The summed E-state index contributed by atoms with van der Waals surface area (Å²) in [5.74, 6) is 0.760. The normalized spacial score (nSPS) is 39.9. The molecule has 1 rings (SSSR count).